The van der Waals surface area contributed by atoms with E-state index in [1.165, 1.54) is 15.7 Å². The highest BCUT2D eigenvalue weighted by Gasteiger charge is 2.59. The van der Waals surface area contributed by atoms with E-state index < -0.39 is 12.1 Å². The smallest absolute Gasteiger partial charge is 0.415 e. The molecule has 252 valence electrons. The number of aliphatic hydroxyl groups is 1. The van der Waals surface area contributed by atoms with Gasteiger partial charge in [0.05, 0.1) is 45.8 Å². The second-order valence-corrected chi connectivity index (χ2v) is 14.7. The van der Waals surface area contributed by atoms with Crippen molar-refractivity contribution in [2.24, 2.45) is 18.4 Å². The fraction of sp³-hybridized carbons (Fsp3) is 0.389. The minimum atomic E-state index is -0.935. The average molecular weight is 681 g/mol. The summed E-state index contributed by atoms with van der Waals surface area (Å²) >= 11 is 6.93. The van der Waals surface area contributed by atoms with Gasteiger partial charge in [-0.25, -0.2) is 9.48 Å². The number of carbonyl (C=O) groups is 1. The average Bonchev–Trinajstić information content (AvgIpc) is 3.49. The van der Waals surface area contributed by atoms with Crippen LogP contribution in [0.25, 0.3) is 21.7 Å². The number of nitrogens with one attached hydrogen (secondary N) is 1. The molecule has 3 saturated carbocycles. The number of pyridine rings is 2. The second-order valence-electron chi connectivity index (χ2n) is 14.3. The molecule has 49 heavy (non-hydrogen) atoms. The van der Waals surface area contributed by atoms with Crippen molar-refractivity contribution in [2.75, 3.05) is 30.0 Å². The van der Waals surface area contributed by atoms with Crippen LogP contribution in [0.2, 0.25) is 5.02 Å². The highest BCUT2D eigenvalue weighted by Crippen LogP contribution is 2.62. The standard InChI is InChI=1S/C36H37ClN8O4/c1-35(2,3)20-40-30-22(17-38)18-39-31-27(30)12-23(13-28(31)37)45(34(48)49-11-10-46)32(29-19-44(42-41-29)36-14-21(15-36)16-36)25-6-5-7-26-24(25)8-9-43(4)33(26)47/h5-9,12-13,18-19,21,32,46H,10-11,14-16,20H2,1-4H3,(H,39,40). The first kappa shape index (κ1) is 32.6. The maximum atomic E-state index is 14.3. The summed E-state index contributed by atoms with van der Waals surface area (Å²) in [4.78, 5) is 33.5. The third-order valence-electron chi connectivity index (χ3n) is 9.61. The molecule has 2 N–H and O–H groups in total. The molecule has 0 radical (unpaired) electrons. The van der Waals surface area contributed by atoms with Crippen LogP contribution in [0.15, 0.2) is 59.8 Å². The van der Waals surface area contributed by atoms with Crippen LogP contribution in [0.1, 0.15) is 62.9 Å². The summed E-state index contributed by atoms with van der Waals surface area (Å²) in [7, 11) is 1.69. The summed E-state index contributed by atoms with van der Waals surface area (Å²) in [5.74, 6) is 0.704. The number of ether oxygens (including phenoxy) is 1. The fourth-order valence-electron chi connectivity index (χ4n) is 6.99. The first-order valence-corrected chi connectivity index (χ1v) is 16.6. The lowest BCUT2D eigenvalue weighted by Crippen LogP contribution is -2.59. The Labute approximate surface area is 287 Å². The quantitative estimate of drug-likeness (QED) is 0.194. The lowest BCUT2D eigenvalue weighted by molar-refractivity contribution is -0.0989. The minimum Gasteiger partial charge on any atom is -0.447 e. The molecule has 3 aliphatic carbocycles. The maximum Gasteiger partial charge on any atom is 0.415 e. The van der Waals surface area contributed by atoms with E-state index in [0.717, 1.165) is 19.3 Å². The van der Waals surface area contributed by atoms with Crippen LogP contribution in [0.3, 0.4) is 0 Å². The molecule has 13 heteroatoms. The molecule has 5 aromatic rings. The Balaban J connectivity index is 1.48. The molecule has 3 aromatic heterocycles. The number of fused-ring (bicyclic) bond motifs is 2. The van der Waals surface area contributed by atoms with Crippen LogP contribution in [0, 0.1) is 22.7 Å². The highest BCUT2D eigenvalue weighted by atomic mass is 35.5. The molecule has 1 amide bonds. The molecule has 1 atom stereocenters. The number of hydrogen-bond donors (Lipinski definition) is 2. The molecule has 1 unspecified atom stereocenters. The number of carbonyl (C=O) groups excluding carboxylic acids is 1. The van der Waals surface area contributed by atoms with Gasteiger partial charge >= 0.3 is 6.09 Å². The number of halogens is 1. The van der Waals surface area contributed by atoms with E-state index in [9.17, 15) is 20.0 Å². The number of rotatable bonds is 9. The van der Waals surface area contributed by atoms with Crippen LogP contribution in [0.4, 0.5) is 16.2 Å². The number of aryl methyl sites for hydroxylation is 1. The monoisotopic (exact) mass is 680 g/mol. The highest BCUT2D eigenvalue weighted by molar-refractivity contribution is 6.36. The summed E-state index contributed by atoms with van der Waals surface area (Å²) in [6, 6.07) is 11.9. The molecular weight excluding hydrogens is 644 g/mol. The Bertz CT molecular complexity index is 2200. The predicted octanol–water partition coefficient (Wildman–Crippen LogP) is 5.90. The van der Waals surface area contributed by atoms with Crippen LogP contribution in [-0.4, -0.2) is 55.5 Å². The number of amides is 1. The van der Waals surface area contributed by atoms with Crippen LogP contribution in [0.5, 0.6) is 0 Å². The van der Waals surface area contributed by atoms with Crippen LogP contribution in [-0.2, 0) is 17.3 Å². The van der Waals surface area contributed by atoms with Gasteiger partial charge in [-0.2, -0.15) is 5.26 Å². The van der Waals surface area contributed by atoms with Gasteiger partial charge in [0.2, 0.25) is 0 Å². The second kappa shape index (κ2) is 12.2. The van der Waals surface area contributed by atoms with Crippen molar-refractivity contribution in [2.45, 2.75) is 51.6 Å². The van der Waals surface area contributed by atoms with Gasteiger partial charge in [0.25, 0.3) is 5.56 Å². The number of aliphatic hydroxyl groups excluding tert-OH is 1. The summed E-state index contributed by atoms with van der Waals surface area (Å²) < 4.78 is 9.02. The van der Waals surface area contributed by atoms with E-state index in [0.29, 0.717) is 62.3 Å². The fourth-order valence-corrected chi connectivity index (χ4v) is 7.25. The summed E-state index contributed by atoms with van der Waals surface area (Å²) in [6.45, 7) is 6.14. The third-order valence-corrected chi connectivity index (χ3v) is 9.90. The molecule has 0 spiro atoms. The molecule has 3 aliphatic rings. The predicted molar refractivity (Wildman–Crippen MR) is 187 cm³/mol. The number of aromatic nitrogens is 5. The number of benzene rings is 2. The van der Waals surface area contributed by atoms with Gasteiger partial charge in [-0.15, -0.1) is 5.10 Å². The van der Waals surface area contributed by atoms with Gasteiger partial charge in [-0.3, -0.25) is 14.7 Å². The van der Waals surface area contributed by atoms with Gasteiger partial charge in [0, 0.05) is 36.8 Å². The number of hydrogen-bond acceptors (Lipinski definition) is 9. The van der Waals surface area contributed by atoms with Crippen molar-refractivity contribution < 1.29 is 14.6 Å². The molecule has 12 nitrogen and oxygen atoms in total. The van der Waals surface area contributed by atoms with Crippen molar-refractivity contribution in [3.05, 3.63) is 87.2 Å². The van der Waals surface area contributed by atoms with Gasteiger partial charge in [0.15, 0.2) is 0 Å². The topological polar surface area (TPSA) is 151 Å². The SMILES string of the molecule is Cn1ccc2c(C(c3cn(C45CC(C4)C5)nn3)N(C(=O)OCCO)c3cc(Cl)c4ncc(C#N)c(NCC(C)(C)C)c4c3)cccc2c1=O. The maximum absolute atomic E-state index is 14.3. The van der Waals surface area contributed by atoms with Crippen molar-refractivity contribution in [1.29, 1.82) is 5.26 Å². The van der Waals surface area contributed by atoms with E-state index in [2.05, 4.69) is 47.5 Å². The van der Waals surface area contributed by atoms with Gasteiger partial charge < -0.3 is 19.7 Å². The zero-order valence-corrected chi connectivity index (χ0v) is 28.5. The Morgan fingerprint density at radius 1 is 1.22 bits per heavy atom. The largest absolute Gasteiger partial charge is 0.447 e. The molecule has 2 bridgehead atoms. The van der Waals surface area contributed by atoms with Crippen molar-refractivity contribution in [3.63, 3.8) is 0 Å². The Hall–Kier alpha value is -4.99. The molecule has 3 heterocycles. The Morgan fingerprint density at radius 3 is 2.67 bits per heavy atom. The molecule has 8 rings (SSSR count). The normalized spacial score (nSPS) is 18.8. The Morgan fingerprint density at radius 2 is 2.00 bits per heavy atom. The van der Waals surface area contributed by atoms with E-state index >= 15 is 0 Å². The molecule has 0 saturated heterocycles. The summed E-state index contributed by atoms with van der Waals surface area (Å²) in [6.07, 6.45) is 7.37. The number of nitrogens with zero attached hydrogens (tertiary/aromatic N) is 7. The Kier molecular flexibility index (Phi) is 8.08. The van der Waals surface area contributed by atoms with Crippen molar-refractivity contribution in [1.82, 2.24) is 24.5 Å². The van der Waals surface area contributed by atoms with Crippen LogP contribution < -0.4 is 15.8 Å². The van der Waals surface area contributed by atoms with Gasteiger partial charge in [-0.1, -0.05) is 49.7 Å². The number of nitriles is 1. The van der Waals surface area contributed by atoms with E-state index in [1.807, 2.05) is 23.0 Å². The van der Waals surface area contributed by atoms with E-state index in [1.54, 1.807) is 37.5 Å². The molecule has 3 fully saturated rings. The summed E-state index contributed by atoms with van der Waals surface area (Å²) in [5, 5.41) is 34.2. The van der Waals surface area contributed by atoms with Crippen molar-refractivity contribution >= 4 is 50.7 Å². The molecule has 2 aromatic carbocycles. The molecule has 0 aliphatic heterocycles. The van der Waals surface area contributed by atoms with Crippen LogP contribution >= 0.6 is 11.6 Å². The van der Waals surface area contributed by atoms with E-state index in [-0.39, 0.29) is 34.7 Å². The number of anilines is 2. The summed E-state index contributed by atoms with van der Waals surface area (Å²) in [5.41, 5.74) is 2.34. The zero-order chi connectivity index (χ0) is 34.7. The first-order chi connectivity index (χ1) is 23.4. The molecular formula is C36H37ClN8O4. The first-order valence-electron chi connectivity index (χ1n) is 16.3. The van der Waals surface area contributed by atoms with Crippen molar-refractivity contribution in [3.8, 4) is 6.07 Å². The minimum absolute atomic E-state index is 0.0728. The van der Waals surface area contributed by atoms with Gasteiger partial charge in [0.1, 0.15) is 24.4 Å². The van der Waals surface area contributed by atoms with E-state index in [4.69, 9.17) is 16.3 Å². The third kappa shape index (κ3) is 5.66. The zero-order valence-electron chi connectivity index (χ0n) is 27.8. The van der Waals surface area contributed by atoms with Gasteiger partial charge in [-0.05, 0) is 65.8 Å². The lowest BCUT2D eigenvalue weighted by Gasteiger charge is -2.61. The lowest BCUT2D eigenvalue weighted by atomic mass is 9.50.